The van der Waals surface area contributed by atoms with Gasteiger partial charge in [0, 0.05) is 53.4 Å². The topological polar surface area (TPSA) is 693 Å². The number of aliphatic hydroxyl groups is 17. The van der Waals surface area contributed by atoms with E-state index < -0.39 is 282 Å². The fourth-order valence-corrected chi connectivity index (χ4v) is 11.5. The Hall–Kier alpha value is -5.28. The van der Waals surface area contributed by atoms with Gasteiger partial charge in [0.05, 0.1) is 81.6 Å². The zero-order valence-electron chi connectivity index (χ0n) is 49.1. The van der Waals surface area contributed by atoms with Crippen LogP contribution in [0.2, 0.25) is 0 Å². The summed E-state index contributed by atoms with van der Waals surface area (Å²) in [6.45, 7) is -3.72. The predicted molar refractivity (Wildman–Crippen MR) is 282 cm³/mol. The molecule has 4 amide bonds. The highest BCUT2D eigenvalue weighted by Crippen LogP contribution is 2.43. The van der Waals surface area contributed by atoms with Crippen LogP contribution in [0, 0.1) is 0 Å². The molecular formula is C50H80N4O38. The van der Waals surface area contributed by atoms with Gasteiger partial charge in [0.15, 0.2) is 6.29 Å². The molecule has 5 saturated heterocycles. The maximum absolute atomic E-state index is 13.5. The van der Waals surface area contributed by atoms with Gasteiger partial charge in [-0.25, -0.2) is 19.2 Å². The van der Waals surface area contributed by atoms with E-state index in [1.165, 1.54) is 0 Å². The van der Waals surface area contributed by atoms with Crippen molar-refractivity contribution < 1.29 is 188 Å². The highest BCUT2D eigenvalue weighted by Gasteiger charge is 2.65. The Bertz CT molecular complexity index is 2580. The van der Waals surface area contributed by atoms with Crippen LogP contribution in [0.5, 0.6) is 0 Å². The zero-order chi connectivity index (χ0) is 69.6. The number of rotatable bonds is 29. The highest BCUT2D eigenvalue weighted by molar-refractivity contribution is 5.79. The van der Waals surface area contributed by atoms with E-state index in [9.17, 15) is 146 Å². The number of ether oxygens (including phenoxy) is 9. The minimum Gasteiger partial charge on any atom is -0.477 e. The Labute approximate surface area is 518 Å². The van der Waals surface area contributed by atoms with Crippen molar-refractivity contribution in [2.24, 2.45) is 0 Å². The molecule has 92 heavy (non-hydrogen) atoms. The normalized spacial score (nSPS) is 39.4. The lowest BCUT2D eigenvalue weighted by Crippen LogP contribution is -2.72. The number of amides is 4. The molecule has 0 aliphatic carbocycles. The first-order valence-corrected chi connectivity index (χ1v) is 28.1. The molecule has 0 aromatic rings. The summed E-state index contributed by atoms with van der Waals surface area (Å²) in [5, 5.41) is 238. The molecule has 25 N–H and O–H groups in total. The first-order valence-electron chi connectivity index (χ1n) is 28.1. The van der Waals surface area contributed by atoms with Crippen molar-refractivity contribution >= 4 is 47.5 Å². The number of hydrogen-bond acceptors (Lipinski definition) is 34. The van der Waals surface area contributed by atoms with Crippen molar-refractivity contribution in [3.05, 3.63) is 0 Å². The third kappa shape index (κ3) is 16.7. The van der Waals surface area contributed by atoms with E-state index in [1.807, 2.05) is 0 Å². The van der Waals surface area contributed by atoms with Gasteiger partial charge in [0.25, 0.3) is 23.1 Å². The molecule has 5 aliphatic rings. The second-order valence-corrected chi connectivity index (χ2v) is 22.6. The van der Waals surface area contributed by atoms with E-state index in [2.05, 4.69) is 21.3 Å². The van der Waals surface area contributed by atoms with E-state index in [0.29, 0.717) is 0 Å². The molecule has 0 spiro atoms. The van der Waals surface area contributed by atoms with Crippen molar-refractivity contribution in [3.63, 3.8) is 0 Å². The van der Waals surface area contributed by atoms with Crippen LogP contribution >= 0.6 is 0 Å². The van der Waals surface area contributed by atoms with Crippen molar-refractivity contribution in [3.8, 4) is 0 Å². The molecule has 0 aromatic heterocycles. The van der Waals surface area contributed by atoms with E-state index >= 15 is 0 Å². The molecule has 0 bridgehead atoms. The van der Waals surface area contributed by atoms with Crippen LogP contribution in [0.4, 0.5) is 0 Å². The number of nitrogens with one attached hydrogen (secondary N) is 4. The van der Waals surface area contributed by atoms with Gasteiger partial charge in [-0.2, -0.15) is 0 Å². The lowest BCUT2D eigenvalue weighted by atomic mass is 9.86. The van der Waals surface area contributed by atoms with Gasteiger partial charge in [0.1, 0.15) is 97.7 Å². The first kappa shape index (κ1) is 77.4. The quantitative estimate of drug-likeness (QED) is 0.0331. The Balaban J connectivity index is 1.54. The van der Waals surface area contributed by atoms with E-state index in [4.69, 9.17) is 42.6 Å². The summed E-state index contributed by atoms with van der Waals surface area (Å²) >= 11 is 0. The van der Waals surface area contributed by atoms with Crippen molar-refractivity contribution in [1.82, 2.24) is 21.3 Å². The van der Waals surface area contributed by atoms with Gasteiger partial charge in [-0.1, -0.05) is 0 Å². The molecule has 0 aromatic carbocycles. The third-order valence-electron chi connectivity index (χ3n) is 15.9. The standard InChI is InChI=1S/C50H80N4O38/c1-14(60)51-27-18(64)5-47(43(76)77,88-37(27)31(69)22(68)9-55)85-24(11-57)33(71)38-28(52-15(2)61)19(65)6-48(89-38,44(78)79)86-25(12-58)34(72)39-29(53-16(3)62)20(66)7-49(90-39,45(80)81)87-26(13-59)35(73)40-30(54-17(4)63)21(67)8-50(91-40,46(82)83)92-41-32(70)23(10-56)84-42(75)36(41)74/h18-42,55-59,64-75H,5-13H2,1-4H3,(H,51,60)(H,52,61)(H,53,62)(H,54,63)(H,76,77)(H,78,79)(H,80,81)(H,82,83)/t18-,19-,20-,21-,22+,23+,24+,25+,26+,27+,28+,29+,30+,31+,32-,33+,34+,35+,36+,37+,38+,39+,40+,41-,42+,47+,48+,49+,50-/m0/s1. The van der Waals surface area contributed by atoms with Gasteiger partial charge in [-0.05, 0) is 0 Å². The Kier molecular flexibility index (Phi) is 26.5. The smallest absolute Gasteiger partial charge is 0.364 e. The maximum atomic E-state index is 13.5. The van der Waals surface area contributed by atoms with Crippen LogP contribution in [-0.2, 0) is 81.0 Å². The lowest BCUT2D eigenvalue weighted by molar-refractivity contribution is -0.373. The number of carboxylic acid groups (broad SMARTS) is 4. The average molecular weight is 1350 g/mol. The predicted octanol–water partition coefficient (Wildman–Crippen LogP) is -14.5. The Morgan fingerprint density at radius 2 is 0.696 bits per heavy atom. The van der Waals surface area contributed by atoms with Crippen LogP contribution in [0.15, 0.2) is 0 Å². The van der Waals surface area contributed by atoms with Crippen LogP contribution < -0.4 is 21.3 Å². The van der Waals surface area contributed by atoms with Crippen molar-refractivity contribution in [1.29, 1.82) is 0 Å². The molecule has 0 unspecified atom stereocenters. The largest absolute Gasteiger partial charge is 0.477 e. The monoisotopic (exact) mass is 1340 g/mol. The van der Waals surface area contributed by atoms with Gasteiger partial charge in [0.2, 0.25) is 23.6 Å². The third-order valence-corrected chi connectivity index (χ3v) is 15.9. The van der Waals surface area contributed by atoms with Crippen molar-refractivity contribution in [2.75, 3.05) is 33.0 Å². The van der Waals surface area contributed by atoms with Crippen LogP contribution in [-0.4, -0.2) is 363 Å². The number of hydrogen-bond donors (Lipinski definition) is 25. The van der Waals surface area contributed by atoms with Crippen LogP contribution in [0.25, 0.3) is 0 Å². The van der Waals surface area contributed by atoms with E-state index in [0.717, 1.165) is 27.7 Å². The molecule has 0 radical (unpaired) electrons. The molecule has 42 heteroatoms. The second-order valence-electron chi connectivity index (χ2n) is 22.6. The fraction of sp³-hybridized carbons (Fsp3) is 0.840. The highest BCUT2D eigenvalue weighted by atomic mass is 16.8. The molecule has 5 rings (SSSR count). The number of aliphatic hydroxyl groups excluding tert-OH is 17. The minimum absolute atomic E-state index is 0.815. The number of carboxylic acids is 4. The van der Waals surface area contributed by atoms with Gasteiger partial charge >= 0.3 is 23.9 Å². The SMILES string of the molecule is CC(=O)N[C@H]1[C@H]([C@H](O)[C@H](O)CO)O[C@@](O[C@H](CO)[C@@H](O)[C@@H]2O[C@@](O[C@H](CO)[C@@H](O)[C@@H]3O[C@@](O[C@H](CO)[C@@H](O)[C@@H]4O[C@@](O[C@@H]5[C@@H](O)[C@H](O)O[C@H](CO)[C@@H]5O)(C(=O)O)C[C@H](O)[C@H]4NC(C)=O)(C(=O)O)C[C@H](O)[C@H]3NC(C)=O)(C(=O)O)C[C@H](O)[C@H]2NC(C)=O)(C(=O)O)C[C@@H]1O. The summed E-state index contributed by atoms with van der Waals surface area (Å²) in [7, 11) is 0. The van der Waals surface area contributed by atoms with Crippen molar-refractivity contribution in [2.45, 2.75) is 229 Å². The van der Waals surface area contributed by atoms with Crippen LogP contribution in [0.3, 0.4) is 0 Å². The summed E-state index contributed by atoms with van der Waals surface area (Å²) in [6.07, 6.45) is -55.9. The first-order chi connectivity index (χ1) is 42.8. The molecule has 5 fully saturated rings. The van der Waals surface area contributed by atoms with E-state index in [-0.39, 0.29) is 0 Å². The molecule has 29 atom stereocenters. The summed E-state index contributed by atoms with van der Waals surface area (Å²) in [5.41, 5.74) is 0. The summed E-state index contributed by atoms with van der Waals surface area (Å²) in [4.78, 5) is 103. The number of carbonyl (C=O) groups excluding carboxylic acids is 4. The second kappa shape index (κ2) is 31.5. The fourth-order valence-electron chi connectivity index (χ4n) is 11.5. The molecular weight excluding hydrogens is 1260 g/mol. The zero-order valence-corrected chi connectivity index (χ0v) is 49.1. The molecule has 5 aliphatic heterocycles. The lowest BCUT2D eigenvalue weighted by Gasteiger charge is -2.51. The van der Waals surface area contributed by atoms with Gasteiger partial charge in [-0.15, -0.1) is 0 Å². The van der Waals surface area contributed by atoms with E-state index in [1.54, 1.807) is 0 Å². The summed E-state index contributed by atoms with van der Waals surface area (Å²) in [5.74, 6) is -27.2. The molecule has 528 valence electrons. The summed E-state index contributed by atoms with van der Waals surface area (Å²) < 4.78 is 50.0. The number of aliphatic carboxylic acids is 4. The minimum atomic E-state index is -3.61. The Morgan fingerprint density at radius 1 is 0.424 bits per heavy atom. The maximum Gasteiger partial charge on any atom is 0.364 e. The average Bonchev–Trinajstić information content (AvgIpc) is 0.767. The van der Waals surface area contributed by atoms with Crippen LogP contribution in [0.1, 0.15) is 53.4 Å². The summed E-state index contributed by atoms with van der Waals surface area (Å²) in [6, 6.07) is -7.98. The molecule has 5 heterocycles. The van der Waals surface area contributed by atoms with Gasteiger partial charge < -0.3 is 171 Å². The molecule has 0 saturated carbocycles. The Morgan fingerprint density at radius 3 is 0.946 bits per heavy atom. The van der Waals surface area contributed by atoms with Gasteiger partial charge in [-0.3, -0.25) is 19.2 Å². The molecule has 42 nitrogen and oxygen atoms in total. The number of carbonyl (C=O) groups is 8.